The number of pyridine rings is 1. The third kappa shape index (κ3) is 5.18. The average Bonchev–Trinajstić information content (AvgIpc) is 2.69. The summed E-state index contributed by atoms with van der Waals surface area (Å²) >= 11 is 6.38. The molecule has 6 nitrogen and oxygen atoms in total. The average molecular weight is 408 g/mol. The van der Waals surface area contributed by atoms with Gasteiger partial charge in [-0.3, -0.25) is 4.79 Å². The molecule has 0 saturated carbocycles. The zero-order valence-electron chi connectivity index (χ0n) is 14.7. The fraction of sp³-hybridized carbons (Fsp3) is 0.316. The Morgan fingerprint density at radius 2 is 2.26 bits per heavy atom. The normalized spacial score (nSPS) is 16.1. The van der Waals surface area contributed by atoms with Crippen LogP contribution in [0.1, 0.15) is 33.3 Å². The Morgan fingerprint density at radius 3 is 2.89 bits per heavy atom. The molecule has 0 spiro atoms. The van der Waals surface area contributed by atoms with Crippen LogP contribution in [0.4, 0.5) is 0 Å². The van der Waals surface area contributed by atoms with E-state index >= 15 is 0 Å². The first kappa shape index (κ1) is 21.1. The SMILES string of the molecule is COc1cc(C(=O)Cc2ccc([C@H]3CNCCO3)cc2Cl)cc(C#N)n1.Cl. The summed E-state index contributed by atoms with van der Waals surface area (Å²) in [7, 11) is 1.44. The standard InChI is InChI=1S/C19H18ClN3O3.ClH/c1-25-19-9-14(6-15(10-21)23-19)17(24)8-12-2-3-13(7-16(12)20)18-11-22-4-5-26-18;/h2-3,6-7,9,18,22H,4-5,8,11H2,1H3;1H/t18-;/m1./s1. The lowest BCUT2D eigenvalue weighted by molar-refractivity contribution is 0.0277. The number of benzene rings is 1. The molecular formula is C19H19Cl2N3O3. The summed E-state index contributed by atoms with van der Waals surface area (Å²) in [6.07, 6.45) is 0.0923. The molecule has 3 rings (SSSR count). The lowest BCUT2D eigenvalue weighted by Crippen LogP contribution is -2.33. The van der Waals surface area contributed by atoms with Gasteiger partial charge in [0.05, 0.1) is 19.8 Å². The largest absolute Gasteiger partial charge is 0.481 e. The molecule has 1 aliphatic rings. The number of rotatable bonds is 5. The second-order valence-electron chi connectivity index (χ2n) is 5.91. The highest BCUT2D eigenvalue weighted by Gasteiger charge is 2.18. The number of ketones is 1. The van der Waals surface area contributed by atoms with Crippen LogP contribution in [0.5, 0.6) is 5.88 Å². The minimum atomic E-state index is -0.160. The Labute approximate surface area is 168 Å². The number of carbonyl (C=O) groups excluding carboxylic acids is 1. The van der Waals surface area contributed by atoms with Gasteiger partial charge in [-0.05, 0) is 23.3 Å². The van der Waals surface area contributed by atoms with E-state index in [4.69, 9.17) is 26.3 Å². The number of nitrogens with zero attached hydrogens (tertiary/aromatic N) is 2. The van der Waals surface area contributed by atoms with Crippen LogP contribution >= 0.6 is 24.0 Å². The van der Waals surface area contributed by atoms with Crippen LogP contribution in [0.2, 0.25) is 5.02 Å². The summed E-state index contributed by atoms with van der Waals surface area (Å²) in [5, 5.41) is 12.8. The van der Waals surface area contributed by atoms with Crippen LogP contribution in [0.3, 0.4) is 0 Å². The maximum atomic E-state index is 12.6. The van der Waals surface area contributed by atoms with Gasteiger partial charge in [0.1, 0.15) is 11.8 Å². The van der Waals surface area contributed by atoms with Gasteiger partial charge >= 0.3 is 0 Å². The summed E-state index contributed by atoms with van der Waals surface area (Å²) in [6, 6.07) is 10.5. The minimum absolute atomic E-state index is 0. The summed E-state index contributed by atoms with van der Waals surface area (Å²) in [6.45, 7) is 2.24. The zero-order valence-corrected chi connectivity index (χ0v) is 16.3. The molecule has 8 heteroatoms. The second kappa shape index (κ2) is 9.67. The summed E-state index contributed by atoms with van der Waals surface area (Å²) < 4.78 is 10.8. The second-order valence-corrected chi connectivity index (χ2v) is 6.32. The first-order valence-corrected chi connectivity index (χ1v) is 8.58. The summed E-state index contributed by atoms with van der Waals surface area (Å²) in [5.74, 6) is 0.0724. The van der Waals surface area contributed by atoms with Crippen molar-refractivity contribution in [1.82, 2.24) is 10.3 Å². The van der Waals surface area contributed by atoms with E-state index in [0.29, 0.717) is 17.2 Å². The first-order valence-electron chi connectivity index (χ1n) is 8.20. The molecular weight excluding hydrogens is 389 g/mol. The molecule has 1 aromatic heterocycles. The third-order valence-corrected chi connectivity index (χ3v) is 4.53. The monoisotopic (exact) mass is 407 g/mol. The van der Waals surface area contributed by atoms with E-state index < -0.39 is 0 Å². The van der Waals surface area contributed by atoms with Gasteiger partial charge in [-0.2, -0.15) is 5.26 Å². The third-order valence-electron chi connectivity index (χ3n) is 4.18. The lowest BCUT2D eigenvalue weighted by Gasteiger charge is -2.24. The number of methoxy groups -OCH3 is 1. The topological polar surface area (TPSA) is 84.2 Å². The van der Waals surface area contributed by atoms with E-state index in [1.165, 1.54) is 19.2 Å². The molecule has 142 valence electrons. The smallest absolute Gasteiger partial charge is 0.214 e. The van der Waals surface area contributed by atoms with E-state index in [-0.39, 0.29) is 42.3 Å². The highest BCUT2D eigenvalue weighted by molar-refractivity contribution is 6.31. The maximum absolute atomic E-state index is 12.6. The van der Waals surface area contributed by atoms with Crippen LogP contribution in [0.15, 0.2) is 30.3 Å². The Bertz CT molecular complexity index is 862. The van der Waals surface area contributed by atoms with Crippen molar-refractivity contribution in [3.63, 3.8) is 0 Å². The predicted molar refractivity (Wildman–Crippen MR) is 104 cm³/mol. The Balaban J connectivity index is 0.00000261. The number of nitrogens with one attached hydrogen (secondary N) is 1. The van der Waals surface area contributed by atoms with E-state index in [1.54, 1.807) is 0 Å². The van der Waals surface area contributed by atoms with Crippen molar-refractivity contribution >= 4 is 29.8 Å². The van der Waals surface area contributed by atoms with Crippen molar-refractivity contribution < 1.29 is 14.3 Å². The molecule has 1 atom stereocenters. The number of morpholine rings is 1. The van der Waals surface area contributed by atoms with Gasteiger partial charge in [0, 0.05) is 36.2 Å². The Kier molecular flexibility index (Phi) is 7.57. The molecule has 1 aromatic carbocycles. The van der Waals surface area contributed by atoms with E-state index in [9.17, 15) is 4.79 Å². The van der Waals surface area contributed by atoms with Crippen LogP contribution in [0, 0.1) is 11.3 Å². The lowest BCUT2D eigenvalue weighted by atomic mass is 10.00. The van der Waals surface area contributed by atoms with Gasteiger partial charge in [0.2, 0.25) is 5.88 Å². The van der Waals surface area contributed by atoms with Crippen molar-refractivity contribution in [3.8, 4) is 11.9 Å². The molecule has 0 amide bonds. The molecule has 0 unspecified atom stereocenters. The first-order chi connectivity index (χ1) is 12.6. The zero-order chi connectivity index (χ0) is 18.5. The minimum Gasteiger partial charge on any atom is -0.481 e. The van der Waals surface area contributed by atoms with Crippen molar-refractivity contribution in [3.05, 3.63) is 57.7 Å². The number of ether oxygens (including phenoxy) is 2. The van der Waals surface area contributed by atoms with Crippen molar-refractivity contribution in [2.24, 2.45) is 0 Å². The van der Waals surface area contributed by atoms with Crippen LogP contribution < -0.4 is 10.1 Å². The number of halogens is 2. The molecule has 1 fully saturated rings. The Morgan fingerprint density at radius 1 is 1.44 bits per heavy atom. The van der Waals surface area contributed by atoms with E-state index in [2.05, 4.69) is 10.3 Å². The highest BCUT2D eigenvalue weighted by atomic mass is 35.5. The quantitative estimate of drug-likeness (QED) is 0.766. The summed E-state index contributed by atoms with van der Waals surface area (Å²) in [5.41, 5.74) is 2.21. The number of hydrogen-bond acceptors (Lipinski definition) is 6. The predicted octanol–water partition coefficient (Wildman–Crippen LogP) is 3.12. The molecule has 27 heavy (non-hydrogen) atoms. The molecule has 1 N–H and O–H groups in total. The molecule has 1 saturated heterocycles. The van der Waals surface area contributed by atoms with Crippen LogP contribution in [-0.4, -0.2) is 37.6 Å². The van der Waals surface area contributed by atoms with E-state index in [1.807, 2.05) is 24.3 Å². The number of hydrogen-bond donors (Lipinski definition) is 1. The number of carbonyl (C=O) groups is 1. The fourth-order valence-corrected chi connectivity index (χ4v) is 3.05. The molecule has 2 heterocycles. The molecule has 1 aliphatic heterocycles. The fourth-order valence-electron chi connectivity index (χ4n) is 2.79. The van der Waals surface area contributed by atoms with Crippen molar-refractivity contribution in [2.45, 2.75) is 12.5 Å². The number of Topliss-reactive ketones (excluding diaryl/α,β-unsaturated/α-hetero) is 1. The van der Waals surface area contributed by atoms with Crippen molar-refractivity contribution in [2.75, 3.05) is 26.8 Å². The van der Waals surface area contributed by atoms with E-state index in [0.717, 1.165) is 24.2 Å². The Hall–Kier alpha value is -2.17. The van der Waals surface area contributed by atoms with Crippen molar-refractivity contribution in [1.29, 1.82) is 5.26 Å². The highest BCUT2D eigenvalue weighted by Crippen LogP contribution is 2.26. The van der Waals surface area contributed by atoms with Gasteiger partial charge in [0.15, 0.2) is 5.78 Å². The molecule has 0 radical (unpaired) electrons. The van der Waals surface area contributed by atoms with Gasteiger partial charge in [-0.25, -0.2) is 4.98 Å². The molecule has 2 aromatic rings. The van der Waals surface area contributed by atoms with Gasteiger partial charge in [-0.15, -0.1) is 12.4 Å². The van der Waals surface area contributed by atoms with Crippen LogP contribution in [-0.2, 0) is 11.2 Å². The summed E-state index contributed by atoms with van der Waals surface area (Å²) in [4.78, 5) is 16.6. The van der Waals surface area contributed by atoms with Gasteiger partial charge < -0.3 is 14.8 Å². The molecule has 0 bridgehead atoms. The number of nitriles is 1. The maximum Gasteiger partial charge on any atom is 0.214 e. The van der Waals surface area contributed by atoms with Gasteiger partial charge in [0.25, 0.3) is 0 Å². The van der Waals surface area contributed by atoms with Gasteiger partial charge in [-0.1, -0.05) is 23.7 Å². The molecule has 0 aliphatic carbocycles. The van der Waals surface area contributed by atoms with Crippen LogP contribution in [0.25, 0.3) is 0 Å². The number of aromatic nitrogens is 1.